The van der Waals surface area contributed by atoms with Crippen LogP contribution in [0.2, 0.25) is 0 Å². The van der Waals surface area contributed by atoms with Crippen molar-refractivity contribution in [1.29, 1.82) is 0 Å². The number of benzene rings is 1. The van der Waals surface area contributed by atoms with Gasteiger partial charge in [0, 0.05) is 0 Å². The van der Waals surface area contributed by atoms with E-state index in [4.69, 9.17) is 4.42 Å². The molecule has 0 aliphatic heterocycles. The number of hydrogen-bond donors (Lipinski definition) is 1. The van der Waals surface area contributed by atoms with Gasteiger partial charge in [-0.3, -0.25) is 0 Å². The lowest BCUT2D eigenvalue weighted by Gasteiger charge is -2.08. The first-order valence-corrected chi connectivity index (χ1v) is 5.61. The molecule has 0 saturated heterocycles. The molecule has 0 spiro atoms. The van der Waals surface area contributed by atoms with Crippen molar-refractivity contribution in [3.8, 4) is 0 Å². The summed E-state index contributed by atoms with van der Waals surface area (Å²) in [5.74, 6) is 0.586. The lowest BCUT2D eigenvalue weighted by molar-refractivity contribution is 0.189. The highest BCUT2D eigenvalue weighted by Gasteiger charge is 2.12. The van der Waals surface area contributed by atoms with E-state index in [9.17, 15) is 5.11 Å². The van der Waals surface area contributed by atoms with Crippen LogP contribution in [0.25, 0.3) is 0 Å². The zero-order valence-electron chi connectivity index (χ0n) is 9.39. The van der Waals surface area contributed by atoms with Gasteiger partial charge in [-0.05, 0) is 29.7 Å². The van der Waals surface area contributed by atoms with Gasteiger partial charge in [0.2, 0.25) is 0 Å². The largest absolute Gasteiger partial charge is 0.466 e. The molecule has 0 bridgehead atoms. The second kappa shape index (κ2) is 4.99. The molecule has 0 saturated carbocycles. The highest BCUT2D eigenvalue weighted by molar-refractivity contribution is 5.28. The van der Waals surface area contributed by atoms with Crippen molar-refractivity contribution in [3.63, 3.8) is 0 Å². The minimum Gasteiger partial charge on any atom is -0.466 e. The molecule has 2 heteroatoms. The molecule has 0 fully saturated rings. The molecule has 2 aromatic rings. The van der Waals surface area contributed by atoms with E-state index in [1.807, 2.05) is 12.1 Å². The van der Waals surface area contributed by atoms with Crippen LogP contribution in [0.5, 0.6) is 0 Å². The minimum absolute atomic E-state index is 0.586. The van der Waals surface area contributed by atoms with Gasteiger partial charge in [0.05, 0.1) is 6.26 Å². The van der Waals surface area contributed by atoms with Crippen molar-refractivity contribution < 1.29 is 9.52 Å². The van der Waals surface area contributed by atoms with Crippen LogP contribution in [-0.4, -0.2) is 5.11 Å². The fourth-order valence-electron chi connectivity index (χ4n) is 1.77. The number of aliphatic hydroxyl groups is 1. The molecule has 0 amide bonds. The molecular formula is C14H16O2. The zero-order chi connectivity index (χ0) is 11.4. The quantitative estimate of drug-likeness (QED) is 0.850. The molecule has 16 heavy (non-hydrogen) atoms. The van der Waals surface area contributed by atoms with Crippen molar-refractivity contribution >= 4 is 0 Å². The van der Waals surface area contributed by atoms with E-state index >= 15 is 0 Å². The Kier molecular flexibility index (Phi) is 3.42. The fraction of sp³-hybridized carbons (Fsp3) is 0.286. The molecular weight excluding hydrogens is 200 g/mol. The smallest absolute Gasteiger partial charge is 0.137 e. The summed E-state index contributed by atoms with van der Waals surface area (Å²) in [7, 11) is 0. The number of hydrogen-bond acceptors (Lipinski definition) is 2. The van der Waals surface area contributed by atoms with E-state index in [1.165, 1.54) is 5.56 Å². The standard InChI is InChI=1S/C14H16O2/c1-2-4-11-6-8-12(9-7-11)14(15)13-5-3-10-16-13/h3,5-10,14-15H,2,4H2,1H3. The van der Waals surface area contributed by atoms with Crippen molar-refractivity contribution in [2.24, 2.45) is 0 Å². The summed E-state index contributed by atoms with van der Waals surface area (Å²) >= 11 is 0. The number of aliphatic hydroxyl groups excluding tert-OH is 1. The Morgan fingerprint density at radius 3 is 2.50 bits per heavy atom. The van der Waals surface area contributed by atoms with Crippen molar-refractivity contribution in [2.45, 2.75) is 25.9 Å². The second-order valence-electron chi connectivity index (χ2n) is 3.91. The van der Waals surface area contributed by atoms with Gasteiger partial charge in [0.15, 0.2) is 0 Å². The first kappa shape index (κ1) is 11.0. The van der Waals surface area contributed by atoms with E-state index in [1.54, 1.807) is 18.4 Å². The third kappa shape index (κ3) is 2.34. The van der Waals surface area contributed by atoms with Crippen LogP contribution < -0.4 is 0 Å². The highest BCUT2D eigenvalue weighted by atomic mass is 16.4. The van der Waals surface area contributed by atoms with Crippen LogP contribution in [0.4, 0.5) is 0 Å². The van der Waals surface area contributed by atoms with Gasteiger partial charge < -0.3 is 9.52 Å². The summed E-state index contributed by atoms with van der Waals surface area (Å²) < 4.78 is 5.18. The normalized spacial score (nSPS) is 12.6. The van der Waals surface area contributed by atoms with Gasteiger partial charge in [-0.15, -0.1) is 0 Å². The molecule has 2 nitrogen and oxygen atoms in total. The van der Waals surface area contributed by atoms with Gasteiger partial charge in [0.25, 0.3) is 0 Å². The molecule has 1 aromatic heterocycles. The van der Waals surface area contributed by atoms with Crippen LogP contribution >= 0.6 is 0 Å². The molecule has 1 unspecified atom stereocenters. The topological polar surface area (TPSA) is 33.4 Å². The Balaban J connectivity index is 2.15. The van der Waals surface area contributed by atoms with Gasteiger partial charge in [-0.1, -0.05) is 37.6 Å². The zero-order valence-corrected chi connectivity index (χ0v) is 9.39. The van der Waals surface area contributed by atoms with Crippen LogP contribution in [0, 0.1) is 0 Å². The summed E-state index contributed by atoms with van der Waals surface area (Å²) in [6.45, 7) is 2.16. The minimum atomic E-state index is -0.661. The van der Waals surface area contributed by atoms with Crippen LogP contribution in [0.15, 0.2) is 47.1 Å². The average Bonchev–Trinajstić information content (AvgIpc) is 2.83. The summed E-state index contributed by atoms with van der Waals surface area (Å²) in [5, 5.41) is 10.0. The summed E-state index contributed by atoms with van der Waals surface area (Å²) in [6.07, 6.45) is 3.13. The third-order valence-electron chi connectivity index (χ3n) is 2.65. The Hall–Kier alpha value is -1.54. The Morgan fingerprint density at radius 1 is 1.19 bits per heavy atom. The van der Waals surface area contributed by atoms with Crippen molar-refractivity contribution in [1.82, 2.24) is 0 Å². The first-order chi connectivity index (χ1) is 7.81. The SMILES string of the molecule is CCCc1ccc(C(O)c2ccco2)cc1. The molecule has 1 aromatic carbocycles. The molecule has 1 N–H and O–H groups in total. The van der Waals surface area contributed by atoms with Gasteiger partial charge in [-0.2, -0.15) is 0 Å². The number of furan rings is 1. The predicted molar refractivity (Wildman–Crippen MR) is 63.2 cm³/mol. The second-order valence-corrected chi connectivity index (χ2v) is 3.91. The van der Waals surface area contributed by atoms with Gasteiger partial charge in [-0.25, -0.2) is 0 Å². The van der Waals surface area contributed by atoms with E-state index in [0.29, 0.717) is 5.76 Å². The average molecular weight is 216 g/mol. The molecule has 0 radical (unpaired) electrons. The van der Waals surface area contributed by atoms with E-state index in [-0.39, 0.29) is 0 Å². The Bertz CT molecular complexity index is 415. The number of aryl methyl sites for hydroxylation is 1. The van der Waals surface area contributed by atoms with E-state index in [2.05, 4.69) is 19.1 Å². The van der Waals surface area contributed by atoms with Crippen molar-refractivity contribution in [2.75, 3.05) is 0 Å². The van der Waals surface area contributed by atoms with Crippen LogP contribution in [0.1, 0.15) is 36.3 Å². The lowest BCUT2D eigenvalue weighted by atomic mass is 10.0. The Morgan fingerprint density at radius 2 is 1.94 bits per heavy atom. The fourth-order valence-corrected chi connectivity index (χ4v) is 1.77. The lowest BCUT2D eigenvalue weighted by Crippen LogP contribution is -1.98. The molecule has 0 aliphatic rings. The van der Waals surface area contributed by atoms with Crippen molar-refractivity contribution in [3.05, 3.63) is 59.5 Å². The maximum atomic E-state index is 10.0. The predicted octanol–water partition coefficient (Wildman–Crippen LogP) is 3.31. The molecule has 0 aliphatic carbocycles. The number of rotatable bonds is 4. The maximum absolute atomic E-state index is 10.0. The molecule has 1 atom stereocenters. The molecule has 2 rings (SSSR count). The summed E-state index contributed by atoms with van der Waals surface area (Å²) in [5.41, 5.74) is 2.17. The molecule has 84 valence electrons. The Labute approximate surface area is 95.5 Å². The summed E-state index contributed by atoms with van der Waals surface area (Å²) in [6, 6.07) is 11.6. The van der Waals surface area contributed by atoms with E-state index < -0.39 is 6.10 Å². The molecule has 1 heterocycles. The first-order valence-electron chi connectivity index (χ1n) is 5.61. The third-order valence-corrected chi connectivity index (χ3v) is 2.65. The maximum Gasteiger partial charge on any atom is 0.137 e. The van der Waals surface area contributed by atoms with Crippen LogP contribution in [0.3, 0.4) is 0 Å². The van der Waals surface area contributed by atoms with E-state index in [0.717, 1.165) is 18.4 Å². The summed E-state index contributed by atoms with van der Waals surface area (Å²) in [4.78, 5) is 0. The monoisotopic (exact) mass is 216 g/mol. The van der Waals surface area contributed by atoms with Crippen LogP contribution in [-0.2, 0) is 6.42 Å². The highest BCUT2D eigenvalue weighted by Crippen LogP contribution is 2.22. The van der Waals surface area contributed by atoms with Gasteiger partial charge in [0.1, 0.15) is 11.9 Å². The van der Waals surface area contributed by atoms with Gasteiger partial charge >= 0.3 is 0 Å².